The molecule has 3 aromatic rings. The van der Waals surface area contributed by atoms with Gasteiger partial charge in [0.1, 0.15) is 17.8 Å². The molecule has 0 radical (unpaired) electrons. The van der Waals surface area contributed by atoms with E-state index in [1.165, 1.54) is 17.7 Å². The van der Waals surface area contributed by atoms with Crippen LogP contribution in [0.15, 0.2) is 17.8 Å². The fraction of sp³-hybridized carbons (Fsp3) is 0.167. The minimum absolute atomic E-state index is 0.0423. The van der Waals surface area contributed by atoms with Gasteiger partial charge < -0.3 is 5.73 Å². The van der Waals surface area contributed by atoms with E-state index in [0.717, 1.165) is 10.9 Å². The lowest BCUT2D eigenvalue weighted by Crippen LogP contribution is -1.95. The highest BCUT2D eigenvalue weighted by molar-refractivity contribution is 7.12. The van der Waals surface area contributed by atoms with Crippen molar-refractivity contribution >= 4 is 34.0 Å². The van der Waals surface area contributed by atoms with E-state index >= 15 is 0 Å². The molecule has 0 saturated heterocycles. The van der Waals surface area contributed by atoms with Crippen molar-refractivity contribution in [2.45, 2.75) is 6.92 Å². The van der Waals surface area contributed by atoms with Crippen LogP contribution in [0.4, 0.5) is 5.82 Å². The minimum atomic E-state index is 0.0423. The highest BCUT2D eigenvalue weighted by atomic mass is 32.1. The van der Waals surface area contributed by atoms with Crippen LogP contribution in [0.3, 0.4) is 0 Å². The number of anilines is 1. The summed E-state index contributed by atoms with van der Waals surface area (Å²) >= 11 is 1.40. The third-order valence-electron chi connectivity index (χ3n) is 2.87. The Balaban J connectivity index is 2.27. The van der Waals surface area contributed by atoms with Crippen LogP contribution in [-0.2, 0) is 7.05 Å². The first kappa shape index (κ1) is 11.8. The summed E-state index contributed by atoms with van der Waals surface area (Å²) in [5, 5.41) is 7.04. The summed E-state index contributed by atoms with van der Waals surface area (Å²) in [7, 11) is 1.80. The first-order chi connectivity index (χ1) is 9.08. The zero-order valence-corrected chi connectivity index (χ0v) is 11.2. The van der Waals surface area contributed by atoms with Gasteiger partial charge in [-0.15, -0.1) is 11.3 Å². The summed E-state index contributed by atoms with van der Waals surface area (Å²) in [6, 6.07) is 1.82. The van der Waals surface area contributed by atoms with Gasteiger partial charge in [-0.2, -0.15) is 5.10 Å². The summed E-state index contributed by atoms with van der Waals surface area (Å²) < 4.78 is 1.66. The van der Waals surface area contributed by atoms with Gasteiger partial charge in [0.2, 0.25) is 0 Å². The number of aryl methyl sites for hydroxylation is 1. The molecule has 3 heterocycles. The molecule has 3 rings (SSSR count). The summed E-state index contributed by atoms with van der Waals surface area (Å²) in [6.45, 7) is 1.55. The number of nitrogen functional groups attached to an aromatic ring is 1. The Hall–Kier alpha value is -2.28. The van der Waals surface area contributed by atoms with Gasteiger partial charge in [-0.25, -0.2) is 14.6 Å². The van der Waals surface area contributed by atoms with Crippen LogP contribution in [0.1, 0.15) is 16.6 Å². The van der Waals surface area contributed by atoms with E-state index in [2.05, 4.69) is 15.1 Å². The van der Waals surface area contributed by atoms with Crippen LogP contribution >= 0.6 is 11.3 Å². The lowest BCUT2D eigenvalue weighted by Gasteiger charge is -1.96. The highest BCUT2D eigenvalue weighted by Crippen LogP contribution is 2.32. The number of ketones is 1. The van der Waals surface area contributed by atoms with E-state index in [4.69, 9.17) is 5.73 Å². The molecule has 0 spiro atoms. The molecule has 2 N–H and O–H groups in total. The second kappa shape index (κ2) is 4.13. The quantitative estimate of drug-likeness (QED) is 0.720. The van der Waals surface area contributed by atoms with Crippen LogP contribution in [-0.4, -0.2) is 25.5 Å². The Morgan fingerprint density at radius 1 is 1.42 bits per heavy atom. The van der Waals surface area contributed by atoms with Crippen LogP contribution in [0.25, 0.3) is 22.3 Å². The molecule has 19 heavy (non-hydrogen) atoms. The third kappa shape index (κ3) is 1.78. The van der Waals surface area contributed by atoms with E-state index in [1.807, 2.05) is 11.4 Å². The number of hydrogen-bond acceptors (Lipinski definition) is 6. The predicted molar refractivity (Wildman–Crippen MR) is 74.0 cm³/mol. The maximum Gasteiger partial charge on any atom is 0.169 e. The molecule has 0 amide bonds. The second-order valence-electron chi connectivity index (χ2n) is 4.19. The molecular formula is C12H11N5OS. The number of nitrogens with zero attached hydrogens (tertiary/aromatic N) is 4. The molecule has 0 aliphatic heterocycles. The topological polar surface area (TPSA) is 86.7 Å². The molecule has 0 aromatic carbocycles. The Morgan fingerprint density at radius 3 is 2.89 bits per heavy atom. The zero-order chi connectivity index (χ0) is 13.6. The van der Waals surface area contributed by atoms with Crippen molar-refractivity contribution < 1.29 is 4.79 Å². The lowest BCUT2D eigenvalue weighted by atomic mass is 10.1. The molecule has 96 valence electrons. The maximum absolute atomic E-state index is 11.4. The van der Waals surface area contributed by atoms with E-state index < -0.39 is 0 Å². The van der Waals surface area contributed by atoms with Gasteiger partial charge >= 0.3 is 0 Å². The van der Waals surface area contributed by atoms with Crippen LogP contribution < -0.4 is 5.73 Å². The van der Waals surface area contributed by atoms with Crippen LogP contribution in [0.5, 0.6) is 0 Å². The molecule has 0 bridgehead atoms. The van der Waals surface area contributed by atoms with Gasteiger partial charge in [0.25, 0.3) is 0 Å². The van der Waals surface area contributed by atoms with Crippen molar-refractivity contribution in [3.8, 4) is 11.3 Å². The number of hydrogen-bond donors (Lipinski definition) is 1. The van der Waals surface area contributed by atoms with E-state index in [0.29, 0.717) is 22.0 Å². The standard InChI is InChI=1S/C12H11N5OS/c1-6(18)8-3-7(4-19-8)10-9-11(13)14-5-15-12(9)17(2)16-10/h3-5H,1-2H3,(H2,13,14,15). The first-order valence-electron chi connectivity index (χ1n) is 5.61. The number of aromatic nitrogens is 4. The van der Waals surface area contributed by atoms with E-state index in [-0.39, 0.29) is 5.78 Å². The molecule has 7 heteroatoms. The number of rotatable bonds is 2. The summed E-state index contributed by atoms with van der Waals surface area (Å²) in [6.07, 6.45) is 1.41. The fourth-order valence-corrected chi connectivity index (χ4v) is 2.75. The Morgan fingerprint density at radius 2 is 2.21 bits per heavy atom. The maximum atomic E-state index is 11.4. The van der Waals surface area contributed by atoms with Gasteiger partial charge in [-0.3, -0.25) is 4.79 Å². The van der Waals surface area contributed by atoms with Crippen molar-refractivity contribution in [3.63, 3.8) is 0 Å². The Bertz CT molecular complexity index is 789. The number of carbonyl (C=O) groups excluding carboxylic acids is 1. The normalized spacial score (nSPS) is 11.1. The fourth-order valence-electron chi connectivity index (χ4n) is 1.96. The van der Waals surface area contributed by atoms with Crippen molar-refractivity contribution in [1.82, 2.24) is 19.7 Å². The molecular weight excluding hydrogens is 262 g/mol. The van der Waals surface area contributed by atoms with Gasteiger partial charge in [0.05, 0.1) is 10.3 Å². The summed E-state index contributed by atoms with van der Waals surface area (Å²) in [5.41, 5.74) is 8.16. The molecule has 0 atom stereocenters. The van der Waals surface area contributed by atoms with Gasteiger partial charge in [-0.05, 0) is 13.0 Å². The van der Waals surface area contributed by atoms with Gasteiger partial charge in [0, 0.05) is 18.0 Å². The second-order valence-corrected chi connectivity index (χ2v) is 5.10. The van der Waals surface area contributed by atoms with E-state index in [9.17, 15) is 4.79 Å². The molecule has 0 unspecified atom stereocenters. The SMILES string of the molecule is CC(=O)c1cc(-c2nn(C)c3ncnc(N)c23)cs1. The molecule has 0 aliphatic carbocycles. The van der Waals surface area contributed by atoms with Gasteiger partial charge in [-0.1, -0.05) is 0 Å². The first-order valence-corrected chi connectivity index (χ1v) is 6.49. The highest BCUT2D eigenvalue weighted by Gasteiger charge is 2.17. The molecule has 0 saturated carbocycles. The Kier molecular flexibility index (Phi) is 2.56. The largest absolute Gasteiger partial charge is 0.383 e. The number of carbonyl (C=O) groups is 1. The minimum Gasteiger partial charge on any atom is -0.383 e. The monoisotopic (exact) mass is 273 g/mol. The van der Waals surface area contributed by atoms with Crippen molar-refractivity contribution in [2.24, 2.45) is 7.05 Å². The van der Waals surface area contributed by atoms with E-state index in [1.54, 1.807) is 18.7 Å². The summed E-state index contributed by atoms with van der Waals surface area (Å²) in [5.74, 6) is 0.435. The number of fused-ring (bicyclic) bond motifs is 1. The molecule has 0 fully saturated rings. The van der Waals surface area contributed by atoms with Crippen LogP contribution in [0, 0.1) is 0 Å². The van der Waals surface area contributed by atoms with Crippen LogP contribution in [0.2, 0.25) is 0 Å². The van der Waals surface area contributed by atoms with Crippen molar-refractivity contribution in [3.05, 3.63) is 22.7 Å². The lowest BCUT2D eigenvalue weighted by molar-refractivity contribution is 0.102. The number of Topliss-reactive ketones (excluding diaryl/α,β-unsaturated/α-hetero) is 1. The number of nitrogens with two attached hydrogens (primary N) is 1. The van der Waals surface area contributed by atoms with Gasteiger partial charge in [0.15, 0.2) is 11.4 Å². The smallest absolute Gasteiger partial charge is 0.169 e. The van der Waals surface area contributed by atoms with Crippen molar-refractivity contribution in [1.29, 1.82) is 0 Å². The molecule has 6 nitrogen and oxygen atoms in total. The Labute approximate surface area is 112 Å². The third-order valence-corrected chi connectivity index (χ3v) is 3.90. The molecule has 3 aromatic heterocycles. The van der Waals surface area contributed by atoms with Crippen molar-refractivity contribution in [2.75, 3.05) is 5.73 Å². The molecule has 0 aliphatic rings. The zero-order valence-electron chi connectivity index (χ0n) is 10.4. The predicted octanol–water partition coefficient (Wildman–Crippen LogP) is 1.88. The summed E-state index contributed by atoms with van der Waals surface area (Å²) in [4.78, 5) is 20.2. The average Bonchev–Trinajstić information content (AvgIpc) is 2.95. The average molecular weight is 273 g/mol. The number of thiophene rings is 1.